The largest absolute Gasteiger partial charge is 0.422 e. The molecule has 1 aliphatic heterocycles. The third kappa shape index (κ3) is 2.94. The number of thiophene rings is 1. The predicted octanol–water partition coefficient (Wildman–Crippen LogP) is 1.76. The fourth-order valence-electron chi connectivity index (χ4n) is 2.21. The van der Waals surface area contributed by atoms with Crippen LogP contribution in [0.25, 0.3) is 0 Å². The summed E-state index contributed by atoms with van der Waals surface area (Å²) in [6.07, 6.45) is 0.119. The molecule has 0 aromatic carbocycles. The molecule has 120 valence electrons. The Hall–Kier alpha value is -1.29. The number of morpholine rings is 1. The normalized spacial score (nSPS) is 20.4. The third-order valence-electron chi connectivity index (χ3n) is 3.40. The lowest BCUT2D eigenvalue weighted by Crippen LogP contribution is -2.42. The minimum absolute atomic E-state index is 0.185. The lowest BCUT2D eigenvalue weighted by atomic mass is 10.3. The molecule has 0 radical (unpaired) electrons. The summed E-state index contributed by atoms with van der Waals surface area (Å²) >= 11 is 1.27. The van der Waals surface area contributed by atoms with Crippen molar-refractivity contribution in [3.05, 3.63) is 28.8 Å². The molecule has 3 heterocycles. The maximum Gasteiger partial charge on any atom is 0.252 e. The van der Waals surface area contributed by atoms with Gasteiger partial charge in [-0.1, -0.05) is 6.92 Å². The first kappa shape index (κ1) is 15.6. The number of aromatic nitrogens is 2. The molecule has 0 spiro atoms. The molecule has 0 aliphatic carbocycles. The summed E-state index contributed by atoms with van der Waals surface area (Å²) in [7, 11) is -3.50. The Labute approximate surface area is 133 Å². The Morgan fingerprint density at radius 1 is 1.41 bits per heavy atom. The lowest BCUT2D eigenvalue weighted by molar-refractivity contribution is -0.0177. The molecule has 1 saturated heterocycles. The van der Waals surface area contributed by atoms with E-state index >= 15 is 0 Å². The summed E-state index contributed by atoms with van der Waals surface area (Å²) in [5.74, 6) is 0.853. The van der Waals surface area contributed by atoms with Crippen LogP contribution in [-0.4, -0.2) is 42.6 Å². The minimum Gasteiger partial charge on any atom is -0.422 e. The number of sulfonamides is 1. The maximum atomic E-state index is 12.7. The summed E-state index contributed by atoms with van der Waals surface area (Å²) in [6, 6.07) is 3.45. The highest BCUT2D eigenvalue weighted by Gasteiger charge is 2.34. The third-order valence-corrected chi connectivity index (χ3v) is 6.73. The van der Waals surface area contributed by atoms with Gasteiger partial charge in [0.05, 0.1) is 6.61 Å². The van der Waals surface area contributed by atoms with Crippen LogP contribution in [0.2, 0.25) is 0 Å². The summed E-state index contributed by atoms with van der Waals surface area (Å²) in [5.41, 5.74) is 0. The average molecular weight is 343 g/mol. The summed E-state index contributed by atoms with van der Waals surface area (Å²) < 4.78 is 38.1. The van der Waals surface area contributed by atoms with Crippen LogP contribution in [0.15, 0.2) is 20.8 Å². The number of nitrogens with zero attached hydrogens (tertiary/aromatic N) is 3. The van der Waals surface area contributed by atoms with E-state index in [1.807, 2.05) is 13.8 Å². The van der Waals surface area contributed by atoms with E-state index in [0.29, 0.717) is 35.6 Å². The SMILES string of the molecule is CCc1nnc(C2CN(S(=O)(=O)c3ccc(C)s3)CCO2)o1. The zero-order chi connectivity index (χ0) is 15.7. The van der Waals surface area contributed by atoms with E-state index in [1.165, 1.54) is 15.6 Å². The van der Waals surface area contributed by atoms with Crippen molar-refractivity contribution in [1.82, 2.24) is 14.5 Å². The van der Waals surface area contributed by atoms with Gasteiger partial charge in [-0.25, -0.2) is 8.42 Å². The van der Waals surface area contributed by atoms with Crippen LogP contribution in [0.1, 0.15) is 29.7 Å². The van der Waals surface area contributed by atoms with Gasteiger partial charge in [0.2, 0.25) is 11.8 Å². The number of hydrogen-bond donors (Lipinski definition) is 0. The van der Waals surface area contributed by atoms with E-state index in [0.717, 1.165) is 4.88 Å². The Balaban J connectivity index is 1.80. The second-order valence-electron chi connectivity index (χ2n) is 4.98. The summed E-state index contributed by atoms with van der Waals surface area (Å²) in [4.78, 5) is 0.966. The van der Waals surface area contributed by atoms with E-state index in [-0.39, 0.29) is 6.54 Å². The van der Waals surface area contributed by atoms with E-state index in [4.69, 9.17) is 9.15 Å². The molecular weight excluding hydrogens is 326 g/mol. The summed E-state index contributed by atoms with van der Waals surface area (Å²) in [6.45, 7) is 4.61. The van der Waals surface area contributed by atoms with E-state index in [9.17, 15) is 8.42 Å². The molecule has 1 atom stereocenters. The van der Waals surface area contributed by atoms with Crippen molar-refractivity contribution in [2.24, 2.45) is 0 Å². The fraction of sp³-hybridized carbons (Fsp3) is 0.538. The average Bonchev–Trinajstić information content (AvgIpc) is 3.16. The highest BCUT2D eigenvalue weighted by Crippen LogP contribution is 2.29. The van der Waals surface area contributed by atoms with Crippen molar-refractivity contribution in [2.45, 2.75) is 30.6 Å². The predicted molar refractivity (Wildman–Crippen MR) is 80.2 cm³/mol. The van der Waals surface area contributed by atoms with Gasteiger partial charge in [0, 0.05) is 24.4 Å². The number of hydrogen-bond acceptors (Lipinski definition) is 7. The highest BCUT2D eigenvalue weighted by molar-refractivity contribution is 7.91. The molecule has 3 rings (SSSR count). The molecule has 0 N–H and O–H groups in total. The quantitative estimate of drug-likeness (QED) is 0.841. The van der Waals surface area contributed by atoms with E-state index in [1.54, 1.807) is 12.1 Å². The van der Waals surface area contributed by atoms with Gasteiger partial charge in [-0.2, -0.15) is 4.31 Å². The van der Waals surface area contributed by atoms with Gasteiger partial charge in [-0.3, -0.25) is 0 Å². The van der Waals surface area contributed by atoms with Crippen molar-refractivity contribution < 1.29 is 17.6 Å². The fourth-order valence-corrected chi connectivity index (χ4v) is 5.07. The van der Waals surface area contributed by atoms with Crippen molar-refractivity contribution in [3.8, 4) is 0 Å². The molecule has 2 aromatic heterocycles. The van der Waals surface area contributed by atoms with Crippen molar-refractivity contribution in [1.29, 1.82) is 0 Å². The van der Waals surface area contributed by atoms with Gasteiger partial charge in [-0.15, -0.1) is 21.5 Å². The minimum atomic E-state index is -3.50. The van der Waals surface area contributed by atoms with Crippen molar-refractivity contribution in [2.75, 3.05) is 19.7 Å². The van der Waals surface area contributed by atoms with Crippen LogP contribution < -0.4 is 0 Å². The first-order valence-corrected chi connectivity index (χ1v) is 9.27. The Morgan fingerprint density at radius 2 is 2.23 bits per heavy atom. The molecule has 0 amide bonds. The number of ether oxygens (including phenoxy) is 1. The molecule has 1 unspecified atom stereocenters. The van der Waals surface area contributed by atoms with E-state index in [2.05, 4.69) is 10.2 Å². The van der Waals surface area contributed by atoms with E-state index < -0.39 is 16.1 Å². The van der Waals surface area contributed by atoms with Crippen LogP contribution in [0.4, 0.5) is 0 Å². The number of aryl methyl sites for hydroxylation is 2. The van der Waals surface area contributed by atoms with Crippen molar-refractivity contribution >= 4 is 21.4 Å². The van der Waals surface area contributed by atoms with Crippen molar-refractivity contribution in [3.63, 3.8) is 0 Å². The molecule has 9 heteroatoms. The standard InChI is InChI=1S/C13H17N3O4S2/c1-3-11-14-15-13(20-11)10-8-16(6-7-19-10)22(17,18)12-5-4-9(2)21-12/h4-5,10H,3,6-8H2,1-2H3. The zero-order valence-corrected chi connectivity index (χ0v) is 14.0. The highest BCUT2D eigenvalue weighted by atomic mass is 32.2. The Bertz CT molecular complexity index is 753. The van der Waals surface area contributed by atoms with Crippen LogP contribution in [0.3, 0.4) is 0 Å². The monoisotopic (exact) mass is 343 g/mol. The second-order valence-corrected chi connectivity index (χ2v) is 8.43. The van der Waals surface area contributed by atoms with Crippen LogP contribution in [-0.2, 0) is 21.2 Å². The second kappa shape index (κ2) is 6.07. The molecule has 0 bridgehead atoms. The smallest absolute Gasteiger partial charge is 0.252 e. The Kier molecular flexibility index (Phi) is 4.31. The molecule has 1 aliphatic rings. The summed E-state index contributed by atoms with van der Waals surface area (Å²) in [5, 5.41) is 7.84. The van der Waals surface area contributed by atoms with Gasteiger partial charge in [0.1, 0.15) is 10.3 Å². The van der Waals surface area contributed by atoms with Crippen LogP contribution in [0.5, 0.6) is 0 Å². The van der Waals surface area contributed by atoms with Crippen LogP contribution in [0, 0.1) is 6.92 Å². The molecular formula is C13H17N3O4S2. The molecule has 7 nitrogen and oxygen atoms in total. The lowest BCUT2D eigenvalue weighted by Gasteiger charge is -2.29. The molecule has 2 aromatic rings. The first-order valence-electron chi connectivity index (χ1n) is 7.01. The first-order chi connectivity index (χ1) is 10.5. The van der Waals surface area contributed by atoms with Gasteiger partial charge in [0.15, 0.2) is 0 Å². The zero-order valence-electron chi connectivity index (χ0n) is 12.4. The van der Waals surface area contributed by atoms with Crippen LogP contribution >= 0.6 is 11.3 Å². The van der Waals surface area contributed by atoms with Gasteiger partial charge >= 0.3 is 0 Å². The molecule has 1 fully saturated rings. The van der Waals surface area contributed by atoms with Gasteiger partial charge < -0.3 is 9.15 Å². The molecule has 0 saturated carbocycles. The Morgan fingerprint density at radius 3 is 2.86 bits per heavy atom. The topological polar surface area (TPSA) is 85.5 Å². The van der Waals surface area contributed by atoms with Gasteiger partial charge in [-0.05, 0) is 19.1 Å². The van der Waals surface area contributed by atoms with Gasteiger partial charge in [0.25, 0.3) is 10.0 Å². The molecule has 22 heavy (non-hydrogen) atoms. The maximum absolute atomic E-state index is 12.7. The number of rotatable bonds is 4.